The quantitative estimate of drug-likeness (QED) is 0.668. The van der Waals surface area contributed by atoms with Gasteiger partial charge in [-0.15, -0.1) is 0 Å². The van der Waals surface area contributed by atoms with Crippen molar-refractivity contribution in [1.82, 2.24) is 4.98 Å². The molecule has 14 heavy (non-hydrogen) atoms. The Morgan fingerprint density at radius 2 is 2.14 bits per heavy atom. The Bertz CT molecular complexity index is 337. The second kappa shape index (κ2) is 2.95. The molecule has 0 spiro atoms. The lowest BCUT2D eigenvalue weighted by atomic mass is 9.99. The molecule has 2 atom stereocenters. The van der Waals surface area contributed by atoms with Gasteiger partial charge in [-0.3, -0.25) is 0 Å². The van der Waals surface area contributed by atoms with Crippen molar-refractivity contribution in [2.75, 3.05) is 18.0 Å². The standard InChI is InChI=1S/C11H14N2O/c1-8-2-3-12-11(4-8)13-6-9-5-10(7-13)14-9/h2-4,9-10H,5-7H2,1H3. The van der Waals surface area contributed by atoms with Crippen LogP contribution in [0.1, 0.15) is 12.0 Å². The van der Waals surface area contributed by atoms with Crippen molar-refractivity contribution < 1.29 is 4.74 Å². The van der Waals surface area contributed by atoms with Crippen LogP contribution in [0.3, 0.4) is 0 Å². The number of aromatic nitrogens is 1. The van der Waals surface area contributed by atoms with Crippen LogP contribution < -0.4 is 4.90 Å². The van der Waals surface area contributed by atoms with Gasteiger partial charge in [0, 0.05) is 25.7 Å². The van der Waals surface area contributed by atoms with E-state index >= 15 is 0 Å². The van der Waals surface area contributed by atoms with Gasteiger partial charge >= 0.3 is 0 Å². The summed E-state index contributed by atoms with van der Waals surface area (Å²) in [5.74, 6) is 1.10. The first-order chi connectivity index (χ1) is 6.81. The number of pyridine rings is 1. The van der Waals surface area contributed by atoms with Gasteiger partial charge in [-0.05, 0) is 24.6 Å². The van der Waals surface area contributed by atoms with E-state index in [4.69, 9.17) is 4.74 Å². The zero-order valence-electron chi connectivity index (χ0n) is 8.31. The average Bonchev–Trinajstić information content (AvgIpc) is 2.17. The summed E-state index contributed by atoms with van der Waals surface area (Å²) in [6, 6.07) is 4.18. The fourth-order valence-electron chi connectivity index (χ4n) is 2.24. The first kappa shape index (κ1) is 8.24. The van der Waals surface area contributed by atoms with E-state index in [9.17, 15) is 0 Å². The van der Waals surface area contributed by atoms with Gasteiger partial charge in [0.25, 0.3) is 0 Å². The molecule has 4 rings (SSSR count). The Morgan fingerprint density at radius 1 is 1.43 bits per heavy atom. The number of fused-ring (bicyclic) bond motifs is 2. The zero-order chi connectivity index (χ0) is 9.54. The Kier molecular flexibility index (Phi) is 1.74. The van der Waals surface area contributed by atoms with E-state index in [0.717, 1.165) is 18.9 Å². The Labute approximate surface area is 83.7 Å². The van der Waals surface area contributed by atoms with Crippen molar-refractivity contribution in [2.24, 2.45) is 0 Å². The number of hydrogen-bond donors (Lipinski definition) is 0. The average molecular weight is 190 g/mol. The van der Waals surface area contributed by atoms with Crippen molar-refractivity contribution in [1.29, 1.82) is 0 Å². The highest BCUT2D eigenvalue weighted by molar-refractivity contribution is 5.42. The second-order valence-electron chi connectivity index (χ2n) is 4.21. The van der Waals surface area contributed by atoms with Crippen LogP contribution in [0.4, 0.5) is 5.82 Å². The number of hydrogen-bond acceptors (Lipinski definition) is 3. The van der Waals surface area contributed by atoms with Gasteiger partial charge in [0.1, 0.15) is 5.82 Å². The minimum atomic E-state index is 0.455. The van der Waals surface area contributed by atoms with Gasteiger partial charge in [0.2, 0.25) is 0 Å². The molecule has 0 N–H and O–H groups in total. The Hall–Kier alpha value is -1.09. The van der Waals surface area contributed by atoms with Crippen LogP contribution in [-0.4, -0.2) is 30.3 Å². The summed E-state index contributed by atoms with van der Waals surface area (Å²) in [4.78, 5) is 6.72. The molecule has 0 amide bonds. The van der Waals surface area contributed by atoms with E-state index in [1.165, 1.54) is 12.0 Å². The molecule has 3 saturated heterocycles. The lowest BCUT2D eigenvalue weighted by Crippen LogP contribution is -2.57. The lowest BCUT2D eigenvalue weighted by Gasteiger charge is -2.47. The summed E-state index contributed by atoms with van der Waals surface area (Å²) in [6.45, 7) is 4.12. The predicted molar refractivity (Wildman–Crippen MR) is 54.5 cm³/mol. The van der Waals surface area contributed by atoms with Crippen LogP contribution in [-0.2, 0) is 4.74 Å². The molecule has 3 nitrogen and oxygen atoms in total. The van der Waals surface area contributed by atoms with Crippen molar-refractivity contribution in [3.05, 3.63) is 23.9 Å². The largest absolute Gasteiger partial charge is 0.371 e. The monoisotopic (exact) mass is 190 g/mol. The first-order valence-corrected chi connectivity index (χ1v) is 5.14. The predicted octanol–water partition coefficient (Wildman–Crippen LogP) is 1.37. The third kappa shape index (κ3) is 1.28. The SMILES string of the molecule is Cc1ccnc(N2CC3CC(C2)O3)c1. The molecular weight excluding hydrogens is 176 g/mol. The van der Waals surface area contributed by atoms with Crippen molar-refractivity contribution in [3.8, 4) is 0 Å². The van der Waals surface area contributed by atoms with E-state index in [1.807, 2.05) is 12.3 Å². The molecule has 3 aliphatic rings. The van der Waals surface area contributed by atoms with Crippen LogP contribution in [0, 0.1) is 6.92 Å². The van der Waals surface area contributed by atoms with Gasteiger partial charge in [-0.2, -0.15) is 0 Å². The van der Waals surface area contributed by atoms with Crippen LogP contribution in [0.5, 0.6) is 0 Å². The minimum Gasteiger partial charge on any atom is -0.371 e. The third-order valence-electron chi connectivity index (χ3n) is 2.98. The third-order valence-corrected chi connectivity index (χ3v) is 2.98. The maximum Gasteiger partial charge on any atom is 0.128 e. The molecule has 0 aliphatic carbocycles. The molecule has 3 heteroatoms. The molecule has 4 heterocycles. The molecule has 1 aromatic rings. The minimum absolute atomic E-state index is 0.455. The Morgan fingerprint density at radius 3 is 2.79 bits per heavy atom. The molecule has 3 fully saturated rings. The maximum absolute atomic E-state index is 5.59. The highest BCUT2D eigenvalue weighted by Gasteiger charge is 2.38. The van der Waals surface area contributed by atoms with Crippen LogP contribution >= 0.6 is 0 Å². The molecular formula is C11H14N2O. The van der Waals surface area contributed by atoms with Gasteiger partial charge in [-0.1, -0.05) is 0 Å². The molecule has 0 radical (unpaired) electrons. The van der Waals surface area contributed by atoms with Crippen LogP contribution in [0.15, 0.2) is 18.3 Å². The first-order valence-electron chi connectivity index (χ1n) is 5.14. The normalized spacial score (nSPS) is 29.9. The molecule has 74 valence electrons. The highest BCUT2D eigenvalue weighted by Crippen LogP contribution is 2.30. The number of piperidine rings is 1. The number of nitrogens with zero attached hydrogens (tertiary/aromatic N) is 2. The summed E-state index contributed by atoms with van der Waals surface area (Å²) >= 11 is 0. The number of ether oxygens (including phenoxy) is 1. The summed E-state index contributed by atoms with van der Waals surface area (Å²) in [7, 11) is 0. The number of morpholine rings is 1. The fourth-order valence-corrected chi connectivity index (χ4v) is 2.24. The van der Waals surface area contributed by atoms with E-state index in [1.54, 1.807) is 0 Å². The smallest absolute Gasteiger partial charge is 0.128 e. The molecule has 0 saturated carbocycles. The van der Waals surface area contributed by atoms with Crippen molar-refractivity contribution in [2.45, 2.75) is 25.6 Å². The van der Waals surface area contributed by atoms with Crippen molar-refractivity contribution in [3.63, 3.8) is 0 Å². The fraction of sp³-hybridized carbons (Fsp3) is 0.545. The van der Waals surface area contributed by atoms with E-state index in [2.05, 4.69) is 22.9 Å². The highest BCUT2D eigenvalue weighted by atomic mass is 16.5. The Balaban J connectivity index is 1.82. The van der Waals surface area contributed by atoms with Crippen LogP contribution in [0.2, 0.25) is 0 Å². The zero-order valence-corrected chi connectivity index (χ0v) is 8.31. The molecule has 2 bridgehead atoms. The summed E-state index contributed by atoms with van der Waals surface area (Å²) in [6.07, 6.45) is 4.03. The van der Waals surface area contributed by atoms with Crippen LogP contribution in [0.25, 0.3) is 0 Å². The summed E-state index contributed by atoms with van der Waals surface area (Å²) in [5.41, 5.74) is 1.27. The molecule has 0 aromatic carbocycles. The number of rotatable bonds is 1. The van der Waals surface area contributed by atoms with E-state index < -0.39 is 0 Å². The molecule has 1 aromatic heterocycles. The summed E-state index contributed by atoms with van der Waals surface area (Å²) in [5, 5.41) is 0. The molecule has 2 unspecified atom stereocenters. The van der Waals surface area contributed by atoms with Gasteiger partial charge in [0.05, 0.1) is 12.2 Å². The number of aryl methyl sites for hydroxylation is 1. The second-order valence-corrected chi connectivity index (χ2v) is 4.21. The topological polar surface area (TPSA) is 25.4 Å². The van der Waals surface area contributed by atoms with E-state index in [0.29, 0.717) is 12.2 Å². The summed E-state index contributed by atoms with van der Waals surface area (Å²) < 4.78 is 5.59. The van der Waals surface area contributed by atoms with Gasteiger partial charge in [-0.25, -0.2) is 4.98 Å². The van der Waals surface area contributed by atoms with Gasteiger partial charge < -0.3 is 9.64 Å². The van der Waals surface area contributed by atoms with Crippen molar-refractivity contribution >= 4 is 5.82 Å². The number of anilines is 1. The lowest BCUT2D eigenvalue weighted by molar-refractivity contribution is -0.133. The van der Waals surface area contributed by atoms with Gasteiger partial charge in [0.15, 0.2) is 0 Å². The van der Waals surface area contributed by atoms with E-state index in [-0.39, 0.29) is 0 Å². The molecule has 3 aliphatic heterocycles. The maximum atomic E-state index is 5.59.